The Hall–Kier alpha value is -1.44. The first kappa shape index (κ1) is 34.0. The molecule has 60 heavy (non-hydrogen) atoms. The standard InChI is InChI=1S/C58H75NO/c1-2-3-4-5-6-7-8-9-10-11-36-58-23-31-21-29-19-26-16-25-17-28-18-27-20-30-22-34(35(58)24-59(36)32-12-14-33(60)15-13-32)44-49-40(30)39(27)46-41(28)45-37(25)38(26)47-42(29)48-43(31)57(58)56(44)55-53(48)51(47)50(45)52(46)54(49)55/h12-15,25-31,35-43,45-57,60H,2-11,16-24H2,1H3. The van der Waals surface area contributed by atoms with Gasteiger partial charge in [-0.25, -0.2) is 0 Å². The van der Waals surface area contributed by atoms with Gasteiger partial charge in [0, 0.05) is 29.6 Å². The van der Waals surface area contributed by atoms with Crippen LogP contribution in [0.1, 0.15) is 122 Å². The molecule has 14 saturated carbocycles. The summed E-state index contributed by atoms with van der Waals surface area (Å²) in [7, 11) is 0. The molecule has 15 fully saturated rings. The normalized spacial score (nSPS) is 64.0. The number of phenols is 1. The number of allylic oxidation sites excluding steroid dienone is 1. The van der Waals surface area contributed by atoms with E-state index < -0.39 is 0 Å². The van der Waals surface area contributed by atoms with Crippen LogP contribution in [0.15, 0.2) is 35.4 Å². The van der Waals surface area contributed by atoms with Crippen LogP contribution in [0.3, 0.4) is 0 Å². The Kier molecular flexibility index (Phi) is 6.21. The fourth-order valence-corrected chi connectivity index (χ4v) is 28.3. The number of hydrogen-bond donors (Lipinski definition) is 1. The van der Waals surface area contributed by atoms with Crippen LogP contribution in [0.5, 0.6) is 5.75 Å². The molecule has 30 atom stereocenters. The van der Waals surface area contributed by atoms with Crippen molar-refractivity contribution in [2.45, 2.75) is 129 Å². The lowest BCUT2D eigenvalue weighted by molar-refractivity contribution is -0.157. The van der Waals surface area contributed by atoms with Crippen molar-refractivity contribution >= 4 is 5.69 Å². The Bertz CT molecular complexity index is 2100. The van der Waals surface area contributed by atoms with Gasteiger partial charge in [-0.3, -0.25) is 0 Å². The minimum absolute atomic E-state index is 0.457. The highest BCUT2D eigenvalue weighted by molar-refractivity contribution is 5.56. The molecule has 17 aliphatic rings. The summed E-state index contributed by atoms with van der Waals surface area (Å²) >= 11 is 0. The van der Waals surface area contributed by atoms with Crippen molar-refractivity contribution in [3.8, 4) is 5.75 Å². The van der Waals surface area contributed by atoms with Gasteiger partial charge in [0.15, 0.2) is 0 Å². The lowest BCUT2D eigenvalue weighted by Gasteiger charge is -2.62. The van der Waals surface area contributed by atoms with E-state index in [1.165, 1.54) is 130 Å². The molecule has 1 N–H and O–H groups in total. The molecule has 1 heterocycles. The van der Waals surface area contributed by atoms with E-state index in [0.29, 0.717) is 17.2 Å². The molecular weight excluding hydrogens is 727 g/mol. The Morgan fingerprint density at radius 1 is 0.517 bits per heavy atom. The Morgan fingerprint density at radius 2 is 1.02 bits per heavy atom. The maximum absolute atomic E-state index is 10.6. The molecule has 2 heteroatoms. The molecule has 0 bridgehead atoms. The van der Waals surface area contributed by atoms with Gasteiger partial charge in [-0.1, -0.05) is 75.9 Å². The Labute approximate surface area is 361 Å². The first-order valence-electron chi connectivity index (χ1n) is 27.9. The molecule has 1 aliphatic heterocycles. The summed E-state index contributed by atoms with van der Waals surface area (Å²) in [6, 6.07) is 9.55. The quantitative estimate of drug-likeness (QED) is 0.178. The van der Waals surface area contributed by atoms with E-state index >= 15 is 0 Å². The highest BCUT2D eigenvalue weighted by Gasteiger charge is 2.89. The number of fused-ring (bicyclic) bond motifs is 1. The van der Waals surface area contributed by atoms with Gasteiger partial charge in [0.05, 0.1) is 0 Å². The molecule has 18 rings (SSSR count). The monoisotopic (exact) mass is 802 g/mol. The van der Waals surface area contributed by atoms with Crippen LogP contribution in [0, 0.1) is 171 Å². The van der Waals surface area contributed by atoms with Gasteiger partial charge in [0.2, 0.25) is 0 Å². The number of unbranched alkanes of at least 4 members (excludes halogenated alkanes) is 8. The Morgan fingerprint density at radius 3 is 1.67 bits per heavy atom. The zero-order chi connectivity index (χ0) is 38.4. The number of benzene rings is 1. The molecule has 30 unspecified atom stereocenters. The molecule has 1 saturated heterocycles. The van der Waals surface area contributed by atoms with Gasteiger partial charge in [0.1, 0.15) is 5.75 Å². The maximum Gasteiger partial charge on any atom is 0.115 e. The zero-order valence-corrected chi connectivity index (χ0v) is 36.9. The molecule has 318 valence electrons. The van der Waals surface area contributed by atoms with Crippen LogP contribution in [-0.2, 0) is 0 Å². The molecular formula is C58H75NO. The predicted octanol–water partition coefficient (Wildman–Crippen LogP) is 12.4. The van der Waals surface area contributed by atoms with Crippen LogP contribution < -0.4 is 4.90 Å². The smallest absolute Gasteiger partial charge is 0.115 e. The second kappa shape index (κ2) is 11.0. The molecule has 1 aromatic carbocycles. The topological polar surface area (TPSA) is 23.5 Å². The fourth-order valence-electron chi connectivity index (χ4n) is 28.3. The molecule has 0 aromatic heterocycles. The molecule has 1 spiro atoms. The number of phenolic OH excluding ortho intramolecular Hbond substituents is 1. The van der Waals surface area contributed by atoms with E-state index in [2.05, 4.69) is 47.2 Å². The first-order chi connectivity index (χ1) is 29.7. The number of rotatable bonds is 11. The van der Waals surface area contributed by atoms with Crippen LogP contribution in [-0.4, -0.2) is 17.7 Å². The van der Waals surface area contributed by atoms with E-state index in [0.717, 1.165) is 112 Å². The minimum Gasteiger partial charge on any atom is -0.508 e. The average molecular weight is 802 g/mol. The third-order valence-corrected chi connectivity index (χ3v) is 27.4. The third-order valence-electron chi connectivity index (χ3n) is 27.4. The van der Waals surface area contributed by atoms with Crippen molar-refractivity contribution in [3.05, 3.63) is 35.4 Å². The highest BCUT2D eigenvalue weighted by Crippen LogP contribution is 2.93. The van der Waals surface area contributed by atoms with Crippen LogP contribution in [0.2, 0.25) is 0 Å². The van der Waals surface area contributed by atoms with Crippen LogP contribution in [0.4, 0.5) is 5.69 Å². The van der Waals surface area contributed by atoms with Crippen molar-refractivity contribution in [1.29, 1.82) is 0 Å². The molecule has 0 radical (unpaired) electrons. The largest absolute Gasteiger partial charge is 0.508 e. The summed E-state index contributed by atoms with van der Waals surface area (Å²) in [6.45, 7) is 3.68. The van der Waals surface area contributed by atoms with E-state index in [4.69, 9.17) is 0 Å². The van der Waals surface area contributed by atoms with Gasteiger partial charge >= 0.3 is 0 Å². The van der Waals surface area contributed by atoms with Gasteiger partial charge in [-0.2, -0.15) is 0 Å². The predicted molar refractivity (Wildman–Crippen MR) is 235 cm³/mol. The van der Waals surface area contributed by atoms with Crippen LogP contribution >= 0.6 is 0 Å². The van der Waals surface area contributed by atoms with E-state index in [9.17, 15) is 5.11 Å². The first-order valence-corrected chi connectivity index (χ1v) is 27.9. The summed E-state index contributed by atoms with van der Waals surface area (Å²) in [6.07, 6.45) is 27.8. The van der Waals surface area contributed by atoms with Crippen molar-refractivity contribution in [1.82, 2.24) is 0 Å². The minimum atomic E-state index is 0.457. The van der Waals surface area contributed by atoms with Crippen molar-refractivity contribution in [2.24, 2.45) is 171 Å². The average Bonchev–Trinajstić information content (AvgIpc) is 4.11. The molecule has 2 nitrogen and oxygen atoms in total. The summed E-state index contributed by atoms with van der Waals surface area (Å²) in [4.78, 5) is 3.11. The summed E-state index contributed by atoms with van der Waals surface area (Å²) in [5, 5.41) is 10.6. The number of anilines is 1. The van der Waals surface area contributed by atoms with E-state index in [1.807, 2.05) is 0 Å². The van der Waals surface area contributed by atoms with Gasteiger partial charge in [-0.15, -0.1) is 0 Å². The summed E-state index contributed by atoms with van der Waals surface area (Å²) < 4.78 is 0. The number of hydrogen-bond acceptors (Lipinski definition) is 2. The zero-order valence-electron chi connectivity index (χ0n) is 36.9. The lowest BCUT2D eigenvalue weighted by atomic mass is 9.42. The van der Waals surface area contributed by atoms with Crippen molar-refractivity contribution < 1.29 is 5.11 Å². The highest BCUT2D eigenvalue weighted by atomic mass is 16.3. The lowest BCUT2D eigenvalue weighted by Crippen LogP contribution is -2.60. The van der Waals surface area contributed by atoms with Crippen molar-refractivity contribution in [3.63, 3.8) is 0 Å². The van der Waals surface area contributed by atoms with Gasteiger partial charge < -0.3 is 10.0 Å². The summed E-state index contributed by atoms with van der Waals surface area (Å²) in [5.74, 6) is 31.8. The maximum atomic E-state index is 10.6. The number of aromatic hydroxyl groups is 1. The molecule has 0 amide bonds. The molecule has 16 aliphatic carbocycles. The van der Waals surface area contributed by atoms with Crippen molar-refractivity contribution in [2.75, 3.05) is 11.4 Å². The fraction of sp³-hybridized carbons (Fsp3) is 0.862. The third kappa shape index (κ3) is 3.40. The molecule has 1 aromatic rings. The second-order valence-corrected chi connectivity index (χ2v) is 27.5. The summed E-state index contributed by atoms with van der Waals surface area (Å²) in [5.41, 5.74) is 6.49. The van der Waals surface area contributed by atoms with Crippen LogP contribution in [0.25, 0.3) is 0 Å². The van der Waals surface area contributed by atoms with E-state index in [1.54, 1.807) is 51.4 Å². The Balaban J connectivity index is 0.833. The van der Waals surface area contributed by atoms with E-state index in [-0.39, 0.29) is 0 Å². The number of nitrogens with zero attached hydrogens (tertiary/aromatic N) is 1. The van der Waals surface area contributed by atoms with Gasteiger partial charge in [-0.05, 0) is 242 Å². The SMILES string of the molecule is CCCCCCCCCCCC1N(c2ccc(O)cc2)CC2C3=C4C5C6C(C3)CC3CC7CC8CC9CC%10CC%11CC21C1C4C2C5C4C(C36)C7C3C8C9C5C%10C(C2C5C34)C%111. The second-order valence-electron chi connectivity index (χ2n) is 27.5. The van der Waals surface area contributed by atoms with Gasteiger partial charge in [0.25, 0.3) is 0 Å².